The smallest absolute Gasteiger partial charge is 0.244 e. The van der Waals surface area contributed by atoms with E-state index >= 15 is 0 Å². The van der Waals surface area contributed by atoms with Gasteiger partial charge < -0.3 is 10.2 Å². The number of hydrogen-bond acceptors (Lipinski definition) is 2. The molecule has 0 heterocycles. The van der Waals surface area contributed by atoms with Gasteiger partial charge in [-0.2, -0.15) is 0 Å². The summed E-state index contributed by atoms with van der Waals surface area (Å²) >= 11 is 6.04. The molecule has 0 bridgehead atoms. The average molecular weight is 331 g/mol. The predicted molar refractivity (Wildman–Crippen MR) is 92.4 cm³/mol. The van der Waals surface area contributed by atoms with Crippen molar-refractivity contribution < 1.29 is 9.59 Å². The van der Waals surface area contributed by atoms with Gasteiger partial charge in [-0.15, -0.1) is 0 Å². The number of anilines is 1. The zero-order chi connectivity index (χ0) is 16.8. The van der Waals surface area contributed by atoms with Crippen LogP contribution in [0, 0.1) is 6.92 Å². The van der Waals surface area contributed by atoms with Gasteiger partial charge in [0.05, 0.1) is 0 Å². The molecule has 2 aromatic rings. The van der Waals surface area contributed by atoms with Crippen molar-refractivity contribution in [2.24, 2.45) is 0 Å². The molecule has 2 aromatic carbocycles. The molecule has 0 spiro atoms. The van der Waals surface area contributed by atoms with E-state index in [0.29, 0.717) is 17.3 Å². The highest BCUT2D eigenvalue weighted by Crippen LogP contribution is 2.20. The van der Waals surface area contributed by atoms with Crippen molar-refractivity contribution in [2.45, 2.75) is 20.4 Å². The summed E-state index contributed by atoms with van der Waals surface area (Å²) in [6, 6.07) is 14.9. The third-order valence-electron chi connectivity index (χ3n) is 3.45. The minimum atomic E-state index is -0.254. The van der Waals surface area contributed by atoms with Gasteiger partial charge in [0.15, 0.2) is 0 Å². The molecule has 0 unspecified atom stereocenters. The zero-order valence-electron chi connectivity index (χ0n) is 13.2. The number of hydrogen-bond donors (Lipinski definition) is 1. The Kier molecular flexibility index (Phi) is 5.77. The van der Waals surface area contributed by atoms with E-state index < -0.39 is 0 Å². The molecule has 0 saturated heterocycles. The number of nitrogens with one attached hydrogen (secondary N) is 1. The minimum Gasteiger partial charge on any atom is -0.329 e. The number of carbonyl (C=O) groups excluding carboxylic acids is 2. The molecule has 0 aliphatic carbocycles. The largest absolute Gasteiger partial charge is 0.329 e. The maximum atomic E-state index is 12.2. The topological polar surface area (TPSA) is 49.4 Å². The van der Waals surface area contributed by atoms with E-state index in [1.807, 2.05) is 43.3 Å². The summed E-state index contributed by atoms with van der Waals surface area (Å²) in [5.41, 5.74) is 2.54. The molecule has 23 heavy (non-hydrogen) atoms. The molecule has 0 fully saturated rings. The second-order valence-electron chi connectivity index (χ2n) is 5.37. The van der Waals surface area contributed by atoms with Gasteiger partial charge in [0.1, 0.15) is 6.54 Å². The minimum absolute atomic E-state index is 0.00424. The maximum absolute atomic E-state index is 12.2. The van der Waals surface area contributed by atoms with Crippen LogP contribution in [-0.4, -0.2) is 23.3 Å². The van der Waals surface area contributed by atoms with Gasteiger partial charge in [-0.25, -0.2) is 0 Å². The Morgan fingerprint density at radius 2 is 1.83 bits per heavy atom. The first-order valence-electron chi connectivity index (χ1n) is 7.31. The van der Waals surface area contributed by atoms with Crippen molar-refractivity contribution in [1.29, 1.82) is 0 Å². The second-order valence-corrected chi connectivity index (χ2v) is 5.78. The van der Waals surface area contributed by atoms with Crippen molar-refractivity contribution >= 4 is 29.1 Å². The van der Waals surface area contributed by atoms with Crippen molar-refractivity contribution in [2.75, 3.05) is 11.9 Å². The Labute approximate surface area is 141 Å². The molecule has 0 aromatic heterocycles. The van der Waals surface area contributed by atoms with Gasteiger partial charge in [0, 0.05) is 24.2 Å². The van der Waals surface area contributed by atoms with Crippen LogP contribution in [0.15, 0.2) is 48.5 Å². The summed E-state index contributed by atoms with van der Waals surface area (Å²) in [6.07, 6.45) is 0. The van der Waals surface area contributed by atoms with Crippen LogP contribution in [0.1, 0.15) is 18.1 Å². The van der Waals surface area contributed by atoms with Gasteiger partial charge in [-0.05, 0) is 30.2 Å². The van der Waals surface area contributed by atoms with Crippen LogP contribution >= 0.6 is 11.6 Å². The molecule has 0 radical (unpaired) electrons. The van der Waals surface area contributed by atoms with Gasteiger partial charge in [0.2, 0.25) is 11.8 Å². The van der Waals surface area contributed by atoms with Crippen LogP contribution in [0.3, 0.4) is 0 Å². The summed E-state index contributed by atoms with van der Waals surface area (Å²) in [7, 11) is 0. The van der Waals surface area contributed by atoms with Crippen LogP contribution in [0.25, 0.3) is 0 Å². The molecule has 4 nitrogen and oxygen atoms in total. The zero-order valence-corrected chi connectivity index (χ0v) is 13.9. The van der Waals surface area contributed by atoms with Crippen LogP contribution in [-0.2, 0) is 16.1 Å². The summed E-state index contributed by atoms with van der Waals surface area (Å²) in [6.45, 7) is 3.75. The summed E-state index contributed by atoms with van der Waals surface area (Å²) in [5, 5.41) is 3.36. The lowest BCUT2D eigenvalue weighted by Crippen LogP contribution is -2.36. The Balaban J connectivity index is 2.00. The quantitative estimate of drug-likeness (QED) is 0.910. The summed E-state index contributed by atoms with van der Waals surface area (Å²) < 4.78 is 0. The number of carbonyl (C=O) groups is 2. The van der Waals surface area contributed by atoms with Gasteiger partial charge >= 0.3 is 0 Å². The van der Waals surface area contributed by atoms with E-state index in [-0.39, 0.29) is 18.4 Å². The van der Waals surface area contributed by atoms with Crippen molar-refractivity contribution in [3.63, 3.8) is 0 Å². The highest BCUT2D eigenvalue weighted by atomic mass is 35.5. The molecule has 0 aliphatic heterocycles. The fourth-order valence-electron chi connectivity index (χ4n) is 2.13. The monoisotopic (exact) mass is 330 g/mol. The fraction of sp³-hybridized carbons (Fsp3) is 0.222. The first-order valence-corrected chi connectivity index (χ1v) is 7.69. The molecule has 1 N–H and O–H groups in total. The van der Waals surface area contributed by atoms with E-state index in [0.717, 1.165) is 11.1 Å². The molecule has 0 aliphatic rings. The standard InChI is InChI=1S/C18H19ClN2O2/c1-13-8-9-16(10-17(13)19)20-18(23)12-21(14(2)22)11-15-6-4-3-5-7-15/h3-10H,11-12H2,1-2H3,(H,20,23). The predicted octanol–water partition coefficient (Wildman–Crippen LogP) is 3.64. The van der Waals surface area contributed by atoms with Gasteiger partial charge in [-0.3, -0.25) is 9.59 Å². The van der Waals surface area contributed by atoms with Gasteiger partial charge in [0.25, 0.3) is 0 Å². The van der Waals surface area contributed by atoms with E-state index in [4.69, 9.17) is 11.6 Å². The Hall–Kier alpha value is -2.33. The molecule has 120 valence electrons. The average Bonchev–Trinajstić information content (AvgIpc) is 2.51. The van der Waals surface area contributed by atoms with E-state index in [9.17, 15) is 9.59 Å². The fourth-order valence-corrected chi connectivity index (χ4v) is 2.31. The number of benzene rings is 2. The van der Waals surface area contributed by atoms with Crippen molar-refractivity contribution in [3.8, 4) is 0 Å². The summed E-state index contributed by atoms with van der Waals surface area (Å²) in [4.78, 5) is 25.4. The van der Waals surface area contributed by atoms with Crippen molar-refractivity contribution in [1.82, 2.24) is 4.90 Å². The van der Waals surface area contributed by atoms with Gasteiger partial charge in [-0.1, -0.05) is 48.0 Å². The van der Waals surface area contributed by atoms with E-state index in [1.54, 1.807) is 12.1 Å². The molecule has 0 atom stereocenters. The molecular weight excluding hydrogens is 312 g/mol. The Bertz CT molecular complexity index is 701. The highest BCUT2D eigenvalue weighted by molar-refractivity contribution is 6.31. The number of rotatable bonds is 5. The van der Waals surface area contributed by atoms with Crippen LogP contribution < -0.4 is 5.32 Å². The lowest BCUT2D eigenvalue weighted by atomic mass is 10.2. The van der Waals surface area contributed by atoms with Crippen LogP contribution in [0.2, 0.25) is 5.02 Å². The van der Waals surface area contributed by atoms with E-state index in [1.165, 1.54) is 11.8 Å². The lowest BCUT2D eigenvalue weighted by molar-refractivity contribution is -0.133. The number of nitrogens with zero attached hydrogens (tertiary/aromatic N) is 1. The first-order chi connectivity index (χ1) is 11.0. The second kappa shape index (κ2) is 7.79. The highest BCUT2D eigenvalue weighted by Gasteiger charge is 2.14. The number of halogens is 1. The third kappa shape index (κ3) is 5.11. The summed E-state index contributed by atoms with van der Waals surface area (Å²) in [5.74, 6) is -0.401. The molecule has 0 saturated carbocycles. The maximum Gasteiger partial charge on any atom is 0.244 e. The third-order valence-corrected chi connectivity index (χ3v) is 3.86. The van der Waals surface area contributed by atoms with Crippen molar-refractivity contribution in [3.05, 3.63) is 64.7 Å². The first kappa shape index (κ1) is 17.0. The Morgan fingerprint density at radius 3 is 2.43 bits per heavy atom. The number of amides is 2. The van der Waals surface area contributed by atoms with Crippen LogP contribution in [0.4, 0.5) is 5.69 Å². The SMILES string of the molecule is CC(=O)N(CC(=O)Nc1ccc(C)c(Cl)c1)Cc1ccccc1. The molecule has 5 heteroatoms. The van der Waals surface area contributed by atoms with Crippen LogP contribution in [0.5, 0.6) is 0 Å². The number of aryl methyl sites for hydroxylation is 1. The molecule has 2 rings (SSSR count). The Morgan fingerprint density at radius 1 is 1.13 bits per heavy atom. The lowest BCUT2D eigenvalue weighted by Gasteiger charge is -2.20. The normalized spacial score (nSPS) is 10.2. The van der Waals surface area contributed by atoms with E-state index in [2.05, 4.69) is 5.32 Å². The molecule has 2 amide bonds. The molecular formula is C18H19ClN2O2.